The molecule has 0 heterocycles. The van der Waals surface area contributed by atoms with Crippen molar-refractivity contribution < 1.29 is 0 Å². The van der Waals surface area contributed by atoms with Gasteiger partial charge in [0.15, 0.2) is 0 Å². The van der Waals surface area contributed by atoms with E-state index in [0.717, 1.165) is 0 Å². The Morgan fingerprint density at radius 1 is 1.07 bits per heavy atom. The molecule has 0 aliphatic rings. The van der Waals surface area contributed by atoms with Crippen molar-refractivity contribution in [2.75, 3.05) is 0 Å². The first-order chi connectivity index (χ1) is 6.32. The predicted molar refractivity (Wildman–Crippen MR) is 68.2 cm³/mol. The molecule has 0 aromatic heterocycles. The molecule has 0 fully saturated rings. The van der Waals surface area contributed by atoms with E-state index < -0.39 is 8.07 Å². The van der Waals surface area contributed by atoms with Gasteiger partial charge in [0.2, 0.25) is 0 Å². The van der Waals surface area contributed by atoms with Gasteiger partial charge < -0.3 is 0 Å². The molecule has 78 valence electrons. The molecule has 0 saturated carbocycles. The van der Waals surface area contributed by atoms with Gasteiger partial charge in [-0.1, -0.05) is 62.4 Å². The minimum absolute atomic E-state index is 0.643. The second-order valence-corrected chi connectivity index (χ2v) is 10.5. The Labute approximate surface area is 89.4 Å². The van der Waals surface area contributed by atoms with Gasteiger partial charge in [0.1, 0.15) is 0 Å². The van der Waals surface area contributed by atoms with Crippen molar-refractivity contribution in [2.45, 2.75) is 46.3 Å². The van der Waals surface area contributed by atoms with E-state index >= 15 is 0 Å². The zero-order valence-electron chi connectivity index (χ0n) is 10.3. The van der Waals surface area contributed by atoms with E-state index in [1.54, 1.807) is 5.19 Å². The summed E-state index contributed by atoms with van der Waals surface area (Å²) in [6.07, 6.45) is 0. The third-order valence-electron chi connectivity index (χ3n) is 2.73. The zero-order valence-corrected chi connectivity index (χ0v) is 11.3. The smallest absolute Gasteiger partial charge is 0.0656 e. The Hall–Kier alpha value is -0.563. The van der Waals surface area contributed by atoms with Gasteiger partial charge in [-0.2, -0.15) is 0 Å². The maximum absolute atomic E-state index is 2.41. The van der Waals surface area contributed by atoms with Crippen LogP contribution in [0, 0.1) is 6.92 Å². The van der Waals surface area contributed by atoms with Crippen LogP contribution in [-0.2, 0) is 0 Å². The van der Waals surface area contributed by atoms with Crippen LogP contribution in [-0.4, -0.2) is 8.07 Å². The quantitative estimate of drug-likeness (QED) is 0.648. The van der Waals surface area contributed by atoms with Crippen molar-refractivity contribution in [3.05, 3.63) is 29.3 Å². The molecule has 0 bridgehead atoms. The lowest BCUT2D eigenvalue weighted by Crippen LogP contribution is -2.39. The lowest BCUT2D eigenvalue weighted by Gasteiger charge is -2.20. The van der Waals surface area contributed by atoms with Crippen LogP contribution in [0.3, 0.4) is 0 Å². The van der Waals surface area contributed by atoms with Gasteiger partial charge in [-0.05, 0) is 18.4 Å². The largest absolute Gasteiger partial charge is 0.0779 e. The molecular formula is C13H22Si. The van der Waals surface area contributed by atoms with Crippen molar-refractivity contribution in [3.63, 3.8) is 0 Å². The number of aryl methyl sites for hydroxylation is 1. The SMILES string of the molecule is Cc1cc(C(C)C)ccc1[Si](C)(C)C. The third-order valence-corrected chi connectivity index (χ3v) is 4.90. The van der Waals surface area contributed by atoms with Crippen molar-refractivity contribution >= 4 is 13.3 Å². The van der Waals surface area contributed by atoms with Crippen molar-refractivity contribution in [1.82, 2.24) is 0 Å². The molecule has 0 unspecified atom stereocenters. The van der Waals surface area contributed by atoms with E-state index in [-0.39, 0.29) is 0 Å². The number of hydrogen-bond donors (Lipinski definition) is 0. The number of rotatable bonds is 2. The van der Waals surface area contributed by atoms with Crippen molar-refractivity contribution in [3.8, 4) is 0 Å². The summed E-state index contributed by atoms with van der Waals surface area (Å²) in [5, 5.41) is 1.60. The van der Waals surface area contributed by atoms with Gasteiger partial charge in [-0.25, -0.2) is 0 Å². The summed E-state index contributed by atoms with van der Waals surface area (Å²) in [7, 11) is -1.14. The first kappa shape index (κ1) is 11.5. The van der Waals surface area contributed by atoms with Gasteiger partial charge in [0, 0.05) is 0 Å². The molecule has 0 radical (unpaired) electrons. The van der Waals surface area contributed by atoms with Crippen molar-refractivity contribution in [1.29, 1.82) is 0 Å². The van der Waals surface area contributed by atoms with E-state index in [9.17, 15) is 0 Å². The summed E-state index contributed by atoms with van der Waals surface area (Å²) >= 11 is 0. The topological polar surface area (TPSA) is 0 Å². The van der Waals surface area contributed by atoms with Crippen LogP contribution < -0.4 is 5.19 Å². The maximum atomic E-state index is 2.41. The summed E-state index contributed by atoms with van der Waals surface area (Å²) in [4.78, 5) is 0. The van der Waals surface area contributed by atoms with Crippen LogP contribution in [0.1, 0.15) is 30.9 Å². The first-order valence-corrected chi connectivity index (χ1v) is 8.93. The highest BCUT2D eigenvalue weighted by Crippen LogP contribution is 2.16. The second kappa shape index (κ2) is 3.89. The normalized spacial score (nSPS) is 12.2. The Balaban J connectivity index is 3.15. The molecule has 0 saturated heterocycles. The molecule has 0 aliphatic carbocycles. The standard InChI is InChI=1S/C13H22Si/c1-10(2)12-7-8-13(11(3)9-12)14(4,5)6/h7-10H,1-6H3. The Bertz CT molecular complexity index is 318. The second-order valence-electron chi connectivity index (χ2n) is 5.48. The first-order valence-electron chi connectivity index (χ1n) is 5.43. The molecule has 1 aromatic carbocycles. The van der Waals surface area contributed by atoms with Crippen LogP contribution in [0.5, 0.6) is 0 Å². The van der Waals surface area contributed by atoms with E-state index in [2.05, 4.69) is 58.6 Å². The molecule has 0 spiro atoms. The van der Waals surface area contributed by atoms with Crippen LogP contribution in [0.2, 0.25) is 19.6 Å². The number of hydrogen-bond acceptors (Lipinski definition) is 0. The average molecular weight is 206 g/mol. The lowest BCUT2D eigenvalue weighted by molar-refractivity contribution is 0.865. The average Bonchev–Trinajstić information content (AvgIpc) is 2.01. The fourth-order valence-corrected chi connectivity index (χ4v) is 3.73. The lowest BCUT2D eigenvalue weighted by atomic mass is 10.0. The minimum Gasteiger partial charge on any atom is -0.0656 e. The molecule has 1 rings (SSSR count). The fourth-order valence-electron chi connectivity index (χ4n) is 1.89. The fraction of sp³-hybridized carbons (Fsp3) is 0.538. The van der Waals surface area contributed by atoms with Gasteiger partial charge in [-0.3, -0.25) is 0 Å². The highest BCUT2D eigenvalue weighted by atomic mass is 28.3. The molecule has 1 heteroatoms. The van der Waals surface area contributed by atoms with E-state index in [1.165, 1.54) is 11.1 Å². The Kier molecular flexibility index (Phi) is 3.20. The summed E-state index contributed by atoms with van der Waals surface area (Å²) in [6.45, 7) is 14.0. The summed E-state index contributed by atoms with van der Waals surface area (Å²) in [5.74, 6) is 0.643. The molecule has 0 aliphatic heterocycles. The van der Waals surface area contributed by atoms with Gasteiger partial charge in [0.25, 0.3) is 0 Å². The molecule has 0 amide bonds. The molecule has 14 heavy (non-hydrogen) atoms. The van der Waals surface area contributed by atoms with E-state index in [4.69, 9.17) is 0 Å². The molecule has 1 aromatic rings. The minimum atomic E-state index is -1.14. The third kappa shape index (κ3) is 2.47. The molecule has 0 nitrogen and oxygen atoms in total. The highest BCUT2D eigenvalue weighted by Gasteiger charge is 2.18. The highest BCUT2D eigenvalue weighted by molar-refractivity contribution is 6.89. The molecule has 0 N–H and O–H groups in total. The summed E-state index contributed by atoms with van der Waals surface area (Å²) in [5.41, 5.74) is 2.94. The van der Waals surface area contributed by atoms with Crippen LogP contribution in [0.4, 0.5) is 0 Å². The summed E-state index contributed by atoms with van der Waals surface area (Å²) < 4.78 is 0. The Morgan fingerprint density at radius 3 is 2.00 bits per heavy atom. The monoisotopic (exact) mass is 206 g/mol. The zero-order chi connectivity index (χ0) is 10.9. The van der Waals surface area contributed by atoms with E-state index in [1.807, 2.05) is 0 Å². The van der Waals surface area contributed by atoms with Gasteiger partial charge >= 0.3 is 0 Å². The van der Waals surface area contributed by atoms with Crippen LogP contribution in [0.15, 0.2) is 18.2 Å². The predicted octanol–water partition coefficient (Wildman–Crippen LogP) is 3.66. The van der Waals surface area contributed by atoms with Crippen LogP contribution >= 0.6 is 0 Å². The molecule has 0 atom stereocenters. The van der Waals surface area contributed by atoms with Gasteiger partial charge in [-0.15, -0.1) is 0 Å². The van der Waals surface area contributed by atoms with E-state index in [0.29, 0.717) is 5.92 Å². The van der Waals surface area contributed by atoms with Crippen LogP contribution in [0.25, 0.3) is 0 Å². The van der Waals surface area contributed by atoms with Crippen molar-refractivity contribution in [2.24, 2.45) is 0 Å². The Morgan fingerprint density at radius 2 is 1.64 bits per heavy atom. The molecular weight excluding hydrogens is 184 g/mol. The summed E-state index contributed by atoms with van der Waals surface area (Å²) in [6, 6.07) is 7.00. The van der Waals surface area contributed by atoms with Gasteiger partial charge in [0.05, 0.1) is 8.07 Å². The maximum Gasteiger partial charge on any atom is 0.0779 e. The number of benzene rings is 1.